The van der Waals surface area contributed by atoms with E-state index in [2.05, 4.69) is 10.3 Å². The first-order chi connectivity index (χ1) is 24.3. The molecule has 0 aliphatic carbocycles. The van der Waals surface area contributed by atoms with Crippen molar-refractivity contribution in [1.82, 2.24) is 15.8 Å². The van der Waals surface area contributed by atoms with Gasteiger partial charge < -0.3 is 25.0 Å². The Hall–Kier alpha value is -4.59. The number of unbranched alkanes of at least 4 members (excludes halogenated alkanes) is 2. The van der Waals surface area contributed by atoms with Crippen LogP contribution in [-0.4, -0.2) is 50.0 Å². The van der Waals surface area contributed by atoms with Gasteiger partial charge in [-0.3, -0.25) is 14.8 Å². The number of aromatic carboxylic acids is 1. The lowest BCUT2D eigenvalue weighted by Crippen LogP contribution is -2.31. The monoisotopic (exact) mass is 699 g/mol. The molecule has 3 unspecified atom stereocenters. The van der Waals surface area contributed by atoms with Crippen molar-refractivity contribution >= 4 is 29.5 Å². The average molecular weight is 700 g/mol. The quantitative estimate of drug-likeness (QED) is 0.0385. The summed E-state index contributed by atoms with van der Waals surface area (Å²) in [6.07, 6.45) is 3.42. The number of carbonyl (C=O) groups excluding carboxylic acids is 2. The summed E-state index contributed by atoms with van der Waals surface area (Å²) in [4.78, 5) is 39.6. The van der Waals surface area contributed by atoms with E-state index in [9.17, 15) is 24.6 Å². The number of benzene rings is 3. The van der Waals surface area contributed by atoms with Gasteiger partial charge in [-0.05, 0) is 64.9 Å². The smallest absolute Gasteiger partial charge is 0.338 e. The van der Waals surface area contributed by atoms with E-state index in [1.54, 1.807) is 23.8 Å². The molecule has 2 heterocycles. The third kappa shape index (κ3) is 10.5. The Balaban J connectivity index is 1.27. The molecule has 50 heavy (non-hydrogen) atoms. The number of nitrogens with zero attached hydrogens (tertiary/aromatic N) is 1. The molecule has 4 aromatic rings. The number of hydrogen-bond acceptors (Lipinski definition) is 9. The van der Waals surface area contributed by atoms with Gasteiger partial charge >= 0.3 is 5.97 Å². The zero-order chi connectivity index (χ0) is 35.3. The molecule has 1 saturated heterocycles. The van der Waals surface area contributed by atoms with Crippen LogP contribution < -0.4 is 10.8 Å². The minimum absolute atomic E-state index is 0.0534. The predicted molar refractivity (Wildman–Crippen MR) is 187 cm³/mol. The van der Waals surface area contributed by atoms with E-state index in [-0.39, 0.29) is 36.7 Å². The van der Waals surface area contributed by atoms with Crippen molar-refractivity contribution in [1.29, 1.82) is 0 Å². The highest BCUT2D eigenvalue weighted by Crippen LogP contribution is 2.40. The standard InChI is InChI=1S/C38H41N3O8S/c42-23-25-14-16-27(17-15-25)33-21-31(24-50-36-32(37(45)46)11-6-18-39-36)48-38(49-33)30-10-5-9-29(20-30)28-8-4-7-26(19-28)22-40-34(43)12-2-1-3-13-35(44)41-47/h4-11,14-20,31,33,38,42,47H,1-3,12-13,21-24H2,(H,40,43)(H,41,44)(H,45,46). The average Bonchev–Trinajstić information content (AvgIpc) is 3.16. The lowest BCUT2D eigenvalue weighted by molar-refractivity contribution is -0.245. The van der Waals surface area contributed by atoms with Gasteiger partial charge in [0.15, 0.2) is 6.29 Å². The van der Waals surface area contributed by atoms with Crippen LogP contribution in [0.5, 0.6) is 0 Å². The third-order valence-electron chi connectivity index (χ3n) is 8.36. The first-order valence-corrected chi connectivity index (χ1v) is 17.5. The molecule has 1 aliphatic rings. The van der Waals surface area contributed by atoms with Gasteiger partial charge in [-0.25, -0.2) is 15.3 Å². The minimum atomic E-state index is -1.03. The number of carboxylic acid groups (broad SMARTS) is 1. The number of carbonyl (C=O) groups is 3. The molecule has 0 saturated carbocycles. The lowest BCUT2D eigenvalue weighted by Gasteiger charge is -2.36. The van der Waals surface area contributed by atoms with E-state index in [0.717, 1.165) is 33.4 Å². The number of carboxylic acids is 1. The topological polar surface area (TPSA) is 167 Å². The Morgan fingerprint density at radius 2 is 1.56 bits per heavy atom. The Labute approximate surface area is 295 Å². The second-order valence-electron chi connectivity index (χ2n) is 12.0. The molecule has 1 aromatic heterocycles. The summed E-state index contributed by atoms with van der Waals surface area (Å²) in [6, 6.07) is 26.7. The SMILES string of the molecule is O=C(CCCCCC(=O)NCc1cccc(-c2cccc(C3OC(CSc4ncccc4C(=O)O)CC(c4ccc(CO)cc4)O3)c2)c1)NO. The second-order valence-corrected chi connectivity index (χ2v) is 13.0. The normalized spacial score (nSPS) is 17.2. The maximum Gasteiger partial charge on any atom is 0.338 e. The van der Waals surface area contributed by atoms with Crippen molar-refractivity contribution in [3.8, 4) is 11.1 Å². The zero-order valence-electron chi connectivity index (χ0n) is 27.5. The first-order valence-electron chi connectivity index (χ1n) is 16.5. The van der Waals surface area contributed by atoms with Crippen molar-refractivity contribution in [2.45, 2.75) is 75.2 Å². The van der Waals surface area contributed by atoms with Gasteiger partial charge in [0.1, 0.15) is 5.03 Å². The Bertz CT molecular complexity index is 1750. The molecular formula is C38H41N3O8S. The summed E-state index contributed by atoms with van der Waals surface area (Å²) in [6.45, 7) is 0.326. The molecule has 0 spiro atoms. The van der Waals surface area contributed by atoms with Crippen LogP contribution in [-0.2, 0) is 32.2 Å². The van der Waals surface area contributed by atoms with Crippen LogP contribution in [0.15, 0.2) is 96.2 Å². The maximum absolute atomic E-state index is 12.4. The van der Waals surface area contributed by atoms with E-state index in [0.29, 0.717) is 49.4 Å². The highest BCUT2D eigenvalue weighted by atomic mass is 32.2. The lowest BCUT2D eigenvalue weighted by atomic mass is 9.99. The van der Waals surface area contributed by atoms with Crippen molar-refractivity contribution < 1.29 is 39.3 Å². The summed E-state index contributed by atoms with van der Waals surface area (Å²) in [7, 11) is 0. The van der Waals surface area contributed by atoms with Crippen LogP contribution >= 0.6 is 11.8 Å². The number of thioether (sulfide) groups is 1. The number of ether oxygens (including phenoxy) is 2. The van der Waals surface area contributed by atoms with Crippen LogP contribution in [0.3, 0.4) is 0 Å². The molecule has 1 aliphatic heterocycles. The van der Waals surface area contributed by atoms with Crippen LogP contribution in [0.1, 0.15) is 83.5 Å². The van der Waals surface area contributed by atoms with E-state index < -0.39 is 18.2 Å². The molecule has 5 N–H and O–H groups in total. The van der Waals surface area contributed by atoms with Gasteiger partial charge in [0.2, 0.25) is 11.8 Å². The molecule has 2 amide bonds. The van der Waals surface area contributed by atoms with E-state index in [1.807, 2.05) is 72.8 Å². The van der Waals surface area contributed by atoms with Crippen LogP contribution in [0.4, 0.5) is 0 Å². The van der Waals surface area contributed by atoms with Crippen molar-refractivity contribution in [3.05, 3.63) is 119 Å². The highest BCUT2D eigenvalue weighted by Gasteiger charge is 2.33. The summed E-state index contributed by atoms with van der Waals surface area (Å²) in [5.41, 5.74) is 7.21. The Morgan fingerprint density at radius 1 is 0.820 bits per heavy atom. The fraction of sp³-hybridized carbons (Fsp3) is 0.316. The van der Waals surface area contributed by atoms with Gasteiger partial charge in [0, 0.05) is 43.3 Å². The maximum atomic E-state index is 12.4. The first kappa shape index (κ1) is 36.7. The van der Waals surface area contributed by atoms with Gasteiger partial charge in [0.25, 0.3) is 0 Å². The molecule has 11 nitrogen and oxygen atoms in total. The summed E-state index contributed by atoms with van der Waals surface area (Å²) < 4.78 is 13.0. The number of aliphatic hydroxyl groups excluding tert-OH is 1. The number of aromatic nitrogens is 1. The Morgan fingerprint density at radius 3 is 2.30 bits per heavy atom. The van der Waals surface area contributed by atoms with Crippen molar-refractivity contribution in [2.75, 3.05) is 5.75 Å². The third-order valence-corrected chi connectivity index (χ3v) is 9.50. The van der Waals surface area contributed by atoms with Crippen LogP contribution in [0.25, 0.3) is 11.1 Å². The molecule has 1 fully saturated rings. The molecule has 3 atom stereocenters. The number of hydrogen-bond donors (Lipinski definition) is 5. The number of nitrogens with one attached hydrogen (secondary N) is 2. The number of pyridine rings is 1. The van der Waals surface area contributed by atoms with Gasteiger partial charge in [0.05, 0.1) is 24.4 Å². The minimum Gasteiger partial charge on any atom is -0.478 e. The fourth-order valence-corrected chi connectivity index (χ4v) is 6.69. The number of rotatable bonds is 16. The zero-order valence-corrected chi connectivity index (χ0v) is 28.3. The number of aliphatic hydroxyl groups is 1. The van der Waals surface area contributed by atoms with Crippen LogP contribution in [0, 0.1) is 0 Å². The molecule has 0 bridgehead atoms. The van der Waals surface area contributed by atoms with Gasteiger partial charge in [-0.2, -0.15) is 0 Å². The number of amides is 2. The molecule has 3 aromatic carbocycles. The molecular weight excluding hydrogens is 658 g/mol. The van der Waals surface area contributed by atoms with E-state index >= 15 is 0 Å². The summed E-state index contributed by atoms with van der Waals surface area (Å²) >= 11 is 1.34. The molecule has 5 rings (SSSR count). The predicted octanol–water partition coefficient (Wildman–Crippen LogP) is 6.35. The van der Waals surface area contributed by atoms with Gasteiger partial charge in [-0.1, -0.05) is 67.1 Å². The fourth-order valence-electron chi connectivity index (χ4n) is 5.68. The van der Waals surface area contributed by atoms with E-state index in [4.69, 9.17) is 14.7 Å². The largest absolute Gasteiger partial charge is 0.478 e. The number of hydroxylamine groups is 1. The Kier molecular flexibility index (Phi) is 13.5. The highest BCUT2D eigenvalue weighted by molar-refractivity contribution is 7.99. The molecule has 262 valence electrons. The van der Waals surface area contributed by atoms with Crippen molar-refractivity contribution in [2.24, 2.45) is 0 Å². The van der Waals surface area contributed by atoms with Gasteiger partial charge in [-0.15, -0.1) is 11.8 Å². The van der Waals surface area contributed by atoms with Crippen molar-refractivity contribution in [3.63, 3.8) is 0 Å². The second kappa shape index (κ2) is 18.4. The van der Waals surface area contributed by atoms with Crippen LogP contribution in [0.2, 0.25) is 0 Å². The molecule has 0 radical (unpaired) electrons. The molecule has 12 heteroatoms. The summed E-state index contributed by atoms with van der Waals surface area (Å²) in [5, 5.41) is 31.1. The summed E-state index contributed by atoms with van der Waals surface area (Å²) in [5.74, 6) is -1.05. The van der Waals surface area contributed by atoms with E-state index in [1.165, 1.54) is 11.8 Å².